The molecule has 0 saturated heterocycles. The van der Waals surface area contributed by atoms with E-state index < -0.39 is 0 Å². The number of rotatable bonds is 12. The quantitative estimate of drug-likeness (QED) is 0.133. The molecule has 0 heterocycles. The monoisotopic (exact) mass is 858 g/mol. The van der Waals surface area contributed by atoms with Crippen molar-refractivity contribution in [2.24, 2.45) is 0 Å². The lowest BCUT2D eigenvalue weighted by Crippen LogP contribution is -2.17. The molecule has 0 bridgehead atoms. The van der Waals surface area contributed by atoms with E-state index in [0.29, 0.717) is 19.8 Å². The largest absolute Gasteiger partial charge is 0.489 e. The zero-order valence-electron chi connectivity index (χ0n) is 22.5. The van der Waals surface area contributed by atoms with Crippen LogP contribution in [0.2, 0.25) is 0 Å². The lowest BCUT2D eigenvalue weighted by atomic mass is 9.84. The highest BCUT2D eigenvalue weighted by Gasteiger charge is 2.23. The van der Waals surface area contributed by atoms with Gasteiger partial charge in [0.15, 0.2) is 0 Å². The number of hydrogen-bond donors (Lipinski definition) is 0. The van der Waals surface area contributed by atoms with E-state index in [-0.39, 0.29) is 0 Å². The fourth-order valence-corrected chi connectivity index (χ4v) is 6.03. The van der Waals surface area contributed by atoms with Crippen molar-refractivity contribution < 1.29 is 14.2 Å². The number of ether oxygens (including phenoxy) is 3. The first kappa shape index (κ1) is 30.4. The van der Waals surface area contributed by atoms with Crippen molar-refractivity contribution in [3.05, 3.63) is 117 Å². The molecule has 4 aromatic rings. The Morgan fingerprint density at radius 1 is 0.385 bits per heavy atom. The molecule has 0 fully saturated rings. The van der Waals surface area contributed by atoms with Crippen LogP contribution < -0.4 is 14.2 Å². The maximum Gasteiger partial charge on any atom is 0.119 e. The molecule has 0 aliphatic carbocycles. The zero-order chi connectivity index (χ0) is 27.8. The Bertz CT molecular complexity index is 1170. The van der Waals surface area contributed by atoms with E-state index in [1.165, 1.54) is 44.1 Å². The molecule has 0 saturated carbocycles. The van der Waals surface area contributed by atoms with E-state index in [1.54, 1.807) is 0 Å². The molecule has 0 aromatic heterocycles. The Hall–Kier alpha value is -1.53. The Morgan fingerprint density at radius 2 is 0.615 bits per heavy atom. The standard InChI is InChI=1S/C33H33I3O3/c1-4-28-31(19-37-25-13-7-22(34)8-14-25)29(5-2)33(21-39-27-17-11-24(36)12-18-27)30(6-3)32(28)20-38-26-15-9-23(35)10-16-26/h7-18H,4-6,19-21H2,1-3H3. The minimum atomic E-state index is 0.518. The Kier molecular flexibility index (Phi) is 11.6. The van der Waals surface area contributed by atoms with Crippen molar-refractivity contribution in [3.8, 4) is 17.2 Å². The Balaban J connectivity index is 1.76. The molecule has 204 valence electrons. The predicted octanol–water partition coefficient (Wildman–Crippen LogP) is 9.92. The van der Waals surface area contributed by atoms with Gasteiger partial charge < -0.3 is 14.2 Å². The Labute approximate surface area is 273 Å². The van der Waals surface area contributed by atoms with Gasteiger partial charge in [-0.25, -0.2) is 0 Å². The number of benzene rings is 4. The molecular weight excluding hydrogens is 825 g/mol. The summed E-state index contributed by atoms with van der Waals surface area (Å²) in [6.45, 7) is 8.26. The van der Waals surface area contributed by atoms with Gasteiger partial charge in [-0.15, -0.1) is 0 Å². The maximum atomic E-state index is 6.38. The number of hydrogen-bond acceptors (Lipinski definition) is 3. The molecule has 0 unspecified atom stereocenters. The molecule has 0 amide bonds. The van der Waals surface area contributed by atoms with E-state index in [4.69, 9.17) is 14.2 Å². The van der Waals surface area contributed by atoms with Crippen molar-refractivity contribution in [3.63, 3.8) is 0 Å². The minimum Gasteiger partial charge on any atom is -0.489 e. The molecule has 0 radical (unpaired) electrons. The molecule has 39 heavy (non-hydrogen) atoms. The van der Waals surface area contributed by atoms with Gasteiger partial charge in [0.05, 0.1) is 0 Å². The van der Waals surface area contributed by atoms with E-state index in [9.17, 15) is 0 Å². The summed E-state index contributed by atoms with van der Waals surface area (Å²) in [6, 6.07) is 24.7. The molecule has 6 heteroatoms. The SMILES string of the molecule is CCc1c(COc2ccc(I)cc2)c(CC)c(COc2ccc(I)cc2)c(CC)c1COc1ccc(I)cc1. The Morgan fingerprint density at radius 3 is 0.821 bits per heavy atom. The first-order valence-corrected chi connectivity index (χ1v) is 16.5. The molecule has 0 spiro atoms. The lowest BCUT2D eigenvalue weighted by molar-refractivity contribution is 0.288. The van der Waals surface area contributed by atoms with Crippen LogP contribution in [-0.2, 0) is 39.1 Å². The van der Waals surface area contributed by atoms with Crippen molar-refractivity contribution in [2.45, 2.75) is 59.9 Å². The summed E-state index contributed by atoms with van der Waals surface area (Å²) in [7, 11) is 0. The topological polar surface area (TPSA) is 27.7 Å². The third-order valence-corrected chi connectivity index (χ3v) is 8.99. The van der Waals surface area contributed by atoms with Crippen LogP contribution in [-0.4, -0.2) is 0 Å². The predicted molar refractivity (Wildman–Crippen MR) is 185 cm³/mol. The molecule has 0 aliphatic heterocycles. The first-order chi connectivity index (χ1) is 18.9. The third kappa shape index (κ3) is 8.03. The molecule has 0 aliphatic rings. The smallest absolute Gasteiger partial charge is 0.119 e. The van der Waals surface area contributed by atoms with Gasteiger partial charge in [0.2, 0.25) is 0 Å². The minimum absolute atomic E-state index is 0.518. The summed E-state index contributed by atoms with van der Waals surface area (Å²) in [5.74, 6) is 2.65. The highest BCUT2D eigenvalue weighted by atomic mass is 127. The average Bonchev–Trinajstić information content (AvgIpc) is 2.95. The molecule has 3 nitrogen and oxygen atoms in total. The van der Waals surface area contributed by atoms with E-state index in [0.717, 1.165) is 36.5 Å². The van der Waals surface area contributed by atoms with Gasteiger partial charge in [-0.3, -0.25) is 0 Å². The second kappa shape index (κ2) is 14.9. The second-order valence-corrected chi connectivity index (χ2v) is 12.9. The van der Waals surface area contributed by atoms with Crippen LogP contribution in [0.1, 0.15) is 54.2 Å². The van der Waals surface area contributed by atoms with Crippen molar-refractivity contribution in [1.82, 2.24) is 0 Å². The van der Waals surface area contributed by atoms with Gasteiger partial charge in [0.25, 0.3) is 0 Å². The van der Waals surface area contributed by atoms with E-state index in [1.807, 2.05) is 36.4 Å². The van der Waals surface area contributed by atoms with Crippen molar-refractivity contribution >= 4 is 67.8 Å². The zero-order valence-corrected chi connectivity index (χ0v) is 29.0. The van der Waals surface area contributed by atoms with Gasteiger partial charge in [0, 0.05) is 10.7 Å². The summed E-state index contributed by atoms with van der Waals surface area (Å²) in [5.41, 5.74) is 7.78. The highest BCUT2D eigenvalue weighted by Crippen LogP contribution is 2.33. The maximum absolute atomic E-state index is 6.38. The first-order valence-electron chi connectivity index (χ1n) is 13.3. The summed E-state index contributed by atoms with van der Waals surface area (Å²) in [6.07, 6.45) is 2.74. The molecule has 4 rings (SSSR count). The van der Waals surface area contributed by atoms with Crippen LogP contribution in [0, 0.1) is 10.7 Å². The summed E-state index contributed by atoms with van der Waals surface area (Å²) in [5, 5.41) is 0. The second-order valence-electron chi connectivity index (χ2n) is 9.16. The van der Waals surface area contributed by atoms with Crippen molar-refractivity contribution in [1.29, 1.82) is 0 Å². The molecule has 0 atom stereocenters. The average molecular weight is 858 g/mol. The van der Waals surface area contributed by atoms with E-state index in [2.05, 4.69) is 125 Å². The van der Waals surface area contributed by atoms with Gasteiger partial charge in [-0.1, -0.05) is 20.8 Å². The molecule has 4 aromatic carbocycles. The highest BCUT2D eigenvalue weighted by molar-refractivity contribution is 14.1. The lowest BCUT2D eigenvalue weighted by Gasteiger charge is -2.26. The van der Waals surface area contributed by atoms with Crippen LogP contribution in [0.25, 0.3) is 0 Å². The van der Waals surface area contributed by atoms with E-state index >= 15 is 0 Å². The normalized spacial score (nSPS) is 10.9. The van der Waals surface area contributed by atoms with Gasteiger partial charge in [-0.05, 0) is 193 Å². The molecule has 0 N–H and O–H groups in total. The van der Waals surface area contributed by atoms with Crippen LogP contribution in [0.3, 0.4) is 0 Å². The summed E-state index contributed by atoms with van der Waals surface area (Å²) in [4.78, 5) is 0. The fourth-order valence-electron chi connectivity index (χ4n) is 4.95. The van der Waals surface area contributed by atoms with Gasteiger partial charge >= 0.3 is 0 Å². The fraction of sp³-hybridized carbons (Fsp3) is 0.273. The molecular formula is C33H33I3O3. The number of halogens is 3. The van der Waals surface area contributed by atoms with Crippen LogP contribution in [0.4, 0.5) is 0 Å². The third-order valence-electron chi connectivity index (χ3n) is 6.84. The summed E-state index contributed by atoms with van der Waals surface area (Å²) >= 11 is 6.97. The van der Waals surface area contributed by atoms with Gasteiger partial charge in [-0.2, -0.15) is 0 Å². The van der Waals surface area contributed by atoms with Crippen LogP contribution >= 0.6 is 67.8 Å². The van der Waals surface area contributed by atoms with Crippen LogP contribution in [0.15, 0.2) is 72.8 Å². The van der Waals surface area contributed by atoms with Crippen LogP contribution in [0.5, 0.6) is 17.2 Å². The summed E-state index contributed by atoms with van der Waals surface area (Å²) < 4.78 is 22.7. The van der Waals surface area contributed by atoms with Crippen molar-refractivity contribution in [2.75, 3.05) is 0 Å². The van der Waals surface area contributed by atoms with Gasteiger partial charge in [0.1, 0.15) is 37.1 Å².